The molecule has 0 atom stereocenters. The van der Waals surface area contributed by atoms with Crippen LogP contribution in [0.2, 0.25) is 0 Å². The van der Waals surface area contributed by atoms with Crippen molar-refractivity contribution in [3.63, 3.8) is 0 Å². The summed E-state index contributed by atoms with van der Waals surface area (Å²) in [6.07, 6.45) is 6.91. The largest absolute Gasteiger partial charge is 0.437 e. The van der Waals surface area contributed by atoms with Gasteiger partial charge >= 0.3 is 0 Å². The zero-order valence-electron chi connectivity index (χ0n) is 11.1. The fourth-order valence-electron chi connectivity index (χ4n) is 2.66. The summed E-state index contributed by atoms with van der Waals surface area (Å²) in [4.78, 5) is 15.6. The van der Waals surface area contributed by atoms with Crippen molar-refractivity contribution >= 4 is 21.6 Å². The molecule has 100 valence electrons. The Hall–Kier alpha value is -2.01. The predicted molar refractivity (Wildman–Crippen MR) is 78.5 cm³/mol. The summed E-state index contributed by atoms with van der Waals surface area (Å²) in [6.45, 7) is 1.90. The van der Waals surface area contributed by atoms with Gasteiger partial charge in [-0.15, -0.1) is 11.3 Å². The minimum Gasteiger partial charge on any atom is -0.437 e. The second-order valence-corrected chi connectivity index (χ2v) is 5.99. The van der Waals surface area contributed by atoms with Gasteiger partial charge in [0.25, 0.3) is 0 Å². The molecule has 1 aliphatic carbocycles. The first kappa shape index (κ1) is 11.8. The standard InChI is InChI=1S/C15H13N3OS/c1-9-17-14(19-10-4-3-7-16-8-10)13-11-5-2-6-12(11)20-15(13)18-9/h3-4,7-8H,2,5-6H2,1H3. The van der Waals surface area contributed by atoms with Gasteiger partial charge in [-0.3, -0.25) is 4.98 Å². The first-order valence-electron chi connectivity index (χ1n) is 6.68. The number of pyridine rings is 1. The van der Waals surface area contributed by atoms with E-state index < -0.39 is 0 Å². The summed E-state index contributed by atoms with van der Waals surface area (Å²) in [7, 11) is 0. The summed E-state index contributed by atoms with van der Waals surface area (Å²) in [5.74, 6) is 2.13. The minimum absolute atomic E-state index is 0.667. The Balaban J connectivity index is 1.89. The van der Waals surface area contributed by atoms with Crippen LogP contribution in [0.4, 0.5) is 0 Å². The maximum Gasteiger partial charge on any atom is 0.231 e. The van der Waals surface area contributed by atoms with Crippen molar-refractivity contribution in [3.05, 3.63) is 40.8 Å². The first-order valence-corrected chi connectivity index (χ1v) is 7.49. The first-order chi connectivity index (χ1) is 9.81. The predicted octanol–water partition coefficient (Wildman–Crippen LogP) is 3.68. The Morgan fingerprint density at radius 1 is 1.25 bits per heavy atom. The monoisotopic (exact) mass is 283 g/mol. The van der Waals surface area contributed by atoms with E-state index in [-0.39, 0.29) is 0 Å². The fraction of sp³-hybridized carbons (Fsp3) is 0.267. The molecule has 0 saturated heterocycles. The van der Waals surface area contributed by atoms with Crippen LogP contribution in [0, 0.1) is 6.92 Å². The Morgan fingerprint density at radius 3 is 3.05 bits per heavy atom. The molecular formula is C15H13N3OS. The van der Waals surface area contributed by atoms with Crippen LogP contribution < -0.4 is 4.74 Å². The van der Waals surface area contributed by atoms with E-state index in [1.165, 1.54) is 16.9 Å². The fourth-order valence-corrected chi connectivity index (χ4v) is 3.95. The second-order valence-electron chi connectivity index (χ2n) is 4.90. The molecule has 0 fully saturated rings. The second kappa shape index (κ2) is 4.52. The van der Waals surface area contributed by atoms with E-state index >= 15 is 0 Å². The van der Waals surface area contributed by atoms with Crippen molar-refractivity contribution in [3.8, 4) is 11.6 Å². The topological polar surface area (TPSA) is 47.9 Å². The van der Waals surface area contributed by atoms with E-state index in [0.717, 1.165) is 28.9 Å². The van der Waals surface area contributed by atoms with Gasteiger partial charge in [-0.1, -0.05) is 0 Å². The lowest BCUT2D eigenvalue weighted by molar-refractivity contribution is 0.464. The van der Waals surface area contributed by atoms with E-state index in [0.29, 0.717) is 11.6 Å². The SMILES string of the molecule is Cc1nc(Oc2cccnc2)c2c3c(sc2n1)CCC3. The van der Waals surface area contributed by atoms with E-state index in [1.54, 1.807) is 23.7 Å². The molecule has 1 aliphatic rings. The lowest BCUT2D eigenvalue weighted by Crippen LogP contribution is -1.95. The van der Waals surface area contributed by atoms with E-state index in [1.807, 2.05) is 19.1 Å². The zero-order valence-corrected chi connectivity index (χ0v) is 11.9. The third-order valence-electron chi connectivity index (χ3n) is 3.49. The summed E-state index contributed by atoms with van der Waals surface area (Å²) >= 11 is 1.78. The van der Waals surface area contributed by atoms with Gasteiger partial charge in [-0.05, 0) is 43.9 Å². The number of fused-ring (bicyclic) bond motifs is 3. The number of hydrogen-bond donors (Lipinski definition) is 0. The number of aromatic nitrogens is 3. The molecule has 0 aliphatic heterocycles. The third kappa shape index (κ3) is 1.86. The van der Waals surface area contributed by atoms with Gasteiger partial charge in [0.05, 0.1) is 11.6 Å². The lowest BCUT2D eigenvalue weighted by Gasteiger charge is -2.07. The van der Waals surface area contributed by atoms with Crippen LogP contribution in [-0.2, 0) is 12.8 Å². The number of thiophene rings is 1. The van der Waals surface area contributed by atoms with Gasteiger partial charge in [0.2, 0.25) is 5.88 Å². The van der Waals surface area contributed by atoms with E-state index in [2.05, 4.69) is 15.0 Å². The van der Waals surface area contributed by atoms with Gasteiger partial charge < -0.3 is 4.74 Å². The van der Waals surface area contributed by atoms with Gasteiger partial charge in [0.1, 0.15) is 16.4 Å². The summed E-state index contributed by atoms with van der Waals surface area (Å²) in [6, 6.07) is 3.75. The molecule has 3 aromatic rings. The van der Waals surface area contributed by atoms with Crippen molar-refractivity contribution in [2.24, 2.45) is 0 Å². The van der Waals surface area contributed by atoms with Gasteiger partial charge in [0, 0.05) is 11.1 Å². The van der Waals surface area contributed by atoms with Crippen LogP contribution in [0.3, 0.4) is 0 Å². The molecule has 5 heteroatoms. The number of rotatable bonds is 2. The van der Waals surface area contributed by atoms with Crippen LogP contribution in [0.1, 0.15) is 22.7 Å². The molecule has 0 bridgehead atoms. The summed E-state index contributed by atoms with van der Waals surface area (Å²) in [5, 5.41) is 1.09. The molecule has 4 rings (SSSR count). The summed E-state index contributed by atoms with van der Waals surface area (Å²) in [5.41, 5.74) is 1.38. The zero-order chi connectivity index (χ0) is 13.5. The highest BCUT2D eigenvalue weighted by molar-refractivity contribution is 7.19. The van der Waals surface area contributed by atoms with E-state index in [4.69, 9.17) is 4.74 Å². The third-order valence-corrected chi connectivity index (χ3v) is 4.68. The number of hydrogen-bond acceptors (Lipinski definition) is 5. The van der Waals surface area contributed by atoms with Crippen molar-refractivity contribution in [2.75, 3.05) is 0 Å². The van der Waals surface area contributed by atoms with Gasteiger partial charge in [-0.2, -0.15) is 4.98 Å². The average molecular weight is 283 g/mol. The molecular weight excluding hydrogens is 270 g/mol. The molecule has 0 radical (unpaired) electrons. The average Bonchev–Trinajstić information content (AvgIpc) is 2.99. The normalized spacial score (nSPS) is 13.7. The van der Waals surface area contributed by atoms with Crippen molar-refractivity contribution in [1.29, 1.82) is 0 Å². The van der Waals surface area contributed by atoms with Crippen molar-refractivity contribution in [1.82, 2.24) is 15.0 Å². The van der Waals surface area contributed by atoms with E-state index in [9.17, 15) is 0 Å². The smallest absolute Gasteiger partial charge is 0.231 e. The number of nitrogens with zero attached hydrogens (tertiary/aromatic N) is 3. The van der Waals surface area contributed by atoms with Crippen molar-refractivity contribution in [2.45, 2.75) is 26.2 Å². The Labute approximate surface area is 120 Å². The highest BCUT2D eigenvalue weighted by Gasteiger charge is 2.22. The Morgan fingerprint density at radius 2 is 2.20 bits per heavy atom. The molecule has 0 spiro atoms. The number of ether oxygens (including phenoxy) is 1. The van der Waals surface area contributed by atoms with Gasteiger partial charge in [0.15, 0.2) is 0 Å². The summed E-state index contributed by atoms with van der Waals surface area (Å²) < 4.78 is 5.95. The molecule has 0 unspecified atom stereocenters. The highest BCUT2D eigenvalue weighted by atomic mass is 32.1. The minimum atomic E-state index is 0.667. The Kier molecular flexibility index (Phi) is 2.67. The quantitative estimate of drug-likeness (QED) is 0.720. The molecule has 4 nitrogen and oxygen atoms in total. The molecule has 0 saturated carbocycles. The van der Waals surface area contributed by atoms with Crippen molar-refractivity contribution < 1.29 is 4.74 Å². The Bertz CT molecular complexity index is 783. The molecule has 3 heterocycles. The van der Waals surface area contributed by atoms with Gasteiger partial charge in [-0.25, -0.2) is 4.98 Å². The van der Waals surface area contributed by atoms with Crippen LogP contribution in [0.5, 0.6) is 11.6 Å². The highest BCUT2D eigenvalue weighted by Crippen LogP contribution is 2.41. The number of aryl methyl sites for hydroxylation is 3. The maximum atomic E-state index is 5.95. The molecule has 0 N–H and O–H groups in total. The van der Waals surface area contributed by atoms with Crippen LogP contribution >= 0.6 is 11.3 Å². The maximum absolute atomic E-state index is 5.95. The van der Waals surface area contributed by atoms with Crippen LogP contribution in [-0.4, -0.2) is 15.0 Å². The molecule has 3 aromatic heterocycles. The van der Waals surface area contributed by atoms with Crippen LogP contribution in [0.25, 0.3) is 10.2 Å². The molecule has 20 heavy (non-hydrogen) atoms. The lowest BCUT2D eigenvalue weighted by atomic mass is 10.2. The molecule has 0 amide bonds. The molecule has 0 aromatic carbocycles. The van der Waals surface area contributed by atoms with Crippen LogP contribution in [0.15, 0.2) is 24.5 Å².